The van der Waals surface area contributed by atoms with E-state index in [1.165, 1.54) is 11.8 Å². The van der Waals surface area contributed by atoms with Crippen molar-refractivity contribution in [1.82, 2.24) is 14.9 Å². The quantitative estimate of drug-likeness (QED) is 0.892. The van der Waals surface area contributed by atoms with Crippen molar-refractivity contribution in [2.45, 2.75) is 11.7 Å². The molecule has 3 rings (SSSR count). The van der Waals surface area contributed by atoms with Crippen LogP contribution < -0.4 is 5.69 Å². The van der Waals surface area contributed by atoms with Gasteiger partial charge in [-0.25, -0.2) is 4.79 Å². The summed E-state index contributed by atoms with van der Waals surface area (Å²) in [6.45, 7) is 1.42. The summed E-state index contributed by atoms with van der Waals surface area (Å²) >= 11 is 1.89. The molecule has 1 amide bonds. The van der Waals surface area contributed by atoms with Crippen molar-refractivity contribution in [1.29, 1.82) is 0 Å². The lowest BCUT2D eigenvalue weighted by molar-refractivity contribution is 0.0761. The number of nitrogens with zero attached hydrogens (tertiary/aromatic N) is 1. The van der Waals surface area contributed by atoms with Crippen LogP contribution in [0.4, 0.5) is 0 Å². The molecule has 1 unspecified atom stereocenters. The topological polar surface area (TPSA) is 69.0 Å². The largest absolute Gasteiger partial charge is 0.336 e. The Morgan fingerprint density at radius 1 is 1.24 bits per heavy atom. The number of hydrogen-bond acceptors (Lipinski definition) is 3. The van der Waals surface area contributed by atoms with Gasteiger partial charge in [-0.2, -0.15) is 11.8 Å². The lowest BCUT2D eigenvalue weighted by atomic mass is 10.1. The molecule has 2 heterocycles. The average Bonchev–Trinajstić information content (AvgIpc) is 2.81. The second-order valence-corrected chi connectivity index (χ2v) is 6.32. The van der Waals surface area contributed by atoms with E-state index in [1.807, 2.05) is 34.9 Å². The van der Waals surface area contributed by atoms with Crippen molar-refractivity contribution in [2.75, 3.05) is 18.8 Å². The fourth-order valence-corrected chi connectivity index (χ4v) is 3.76. The Balaban J connectivity index is 1.68. The Morgan fingerprint density at radius 3 is 2.76 bits per heavy atom. The van der Waals surface area contributed by atoms with Gasteiger partial charge in [0.2, 0.25) is 0 Å². The highest BCUT2D eigenvalue weighted by molar-refractivity contribution is 7.99. The number of carbonyl (C=O) groups excluding carboxylic acids is 1. The van der Waals surface area contributed by atoms with Gasteiger partial charge in [-0.1, -0.05) is 30.3 Å². The van der Waals surface area contributed by atoms with Crippen LogP contribution >= 0.6 is 11.8 Å². The molecule has 1 fully saturated rings. The van der Waals surface area contributed by atoms with Gasteiger partial charge in [0, 0.05) is 30.3 Å². The molecule has 1 aromatic heterocycles. The van der Waals surface area contributed by atoms with Crippen LogP contribution in [0.3, 0.4) is 0 Å². The van der Waals surface area contributed by atoms with Crippen molar-refractivity contribution in [2.24, 2.45) is 0 Å². The second-order valence-electron chi connectivity index (χ2n) is 5.01. The monoisotopic (exact) mass is 303 g/mol. The smallest absolute Gasteiger partial charge is 0.323 e. The summed E-state index contributed by atoms with van der Waals surface area (Å²) in [4.78, 5) is 30.2. The fourth-order valence-electron chi connectivity index (χ4n) is 2.52. The predicted molar refractivity (Wildman–Crippen MR) is 83.6 cm³/mol. The van der Waals surface area contributed by atoms with E-state index >= 15 is 0 Å². The van der Waals surface area contributed by atoms with E-state index in [2.05, 4.69) is 22.1 Å². The first-order valence-electron chi connectivity index (χ1n) is 6.97. The maximum atomic E-state index is 12.3. The van der Waals surface area contributed by atoms with Crippen molar-refractivity contribution in [3.05, 3.63) is 58.3 Å². The Bertz CT molecular complexity index is 665. The summed E-state index contributed by atoms with van der Waals surface area (Å²) in [5, 5.41) is 0.425. The van der Waals surface area contributed by atoms with Gasteiger partial charge >= 0.3 is 5.69 Å². The summed E-state index contributed by atoms with van der Waals surface area (Å²) in [7, 11) is 0. The SMILES string of the molecule is O=C(c1c[nH]c(=O)[nH]1)N1CCSC(c2ccccc2)CC1. The molecule has 5 nitrogen and oxygen atoms in total. The van der Waals surface area contributed by atoms with E-state index < -0.39 is 0 Å². The minimum absolute atomic E-state index is 0.109. The van der Waals surface area contributed by atoms with Crippen LogP contribution in [0.15, 0.2) is 41.3 Å². The van der Waals surface area contributed by atoms with E-state index in [0.29, 0.717) is 24.0 Å². The fraction of sp³-hybridized carbons (Fsp3) is 0.333. The molecule has 110 valence electrons. The van der Waals surface area contributed by atoms with Crippen LogP contribution in [0.25, 0.3) is 0 Å². The standard InChI is InChI=1S/C15H17N3O2S/c19-14(12-10-16-15(20)17-12)18-7-6-13(21-9-8-18)11-4-2-1-3-5-11/h1-5,10,13H,6-9H2,(H2,16,17,20). The minimum atomic E-state index is -0.343. The normalized spacial score (nSPS) is 19.2. The second kappa shape index (κ2) is 6.22. The number of hydrogen-bond donors (Lipinski definition) is 2. The van der Waals surface area contributed by atoms with Crippen LogP contribution in [0.1, 0.15) is 27.7 Å². The molecule has 2 N–H and O–H groups in total. The molecule has 6 heteroatoms. The molecular weight excluding hydrogens is 286 g/mol. The first-order chi connectivity index (χ1) is 10.2. The third-order valence-electron chi connectivity index (χ3n) is 3.63. The van der Waals surface area contributed by atoms with Gasteiger partial charge < -0.3 is 14.9 Å². The van der Waals surface area contributed by atoms with Gasteiger partial charge in [0.05, 0.1) is 0 Å². The summed E-state index contributed by atoms with van der Waals surface area (Å²) in [6.07, 6.45) is 2.37. The molecule has 0 spiro atoms. The van der Waals surface area contributed by atoms with Gasteiger partial charge in [-0.3, -0.25) is 4.79 Å². The van der Waals surface area contributed by atoms with Gasteiger partial charge in [0.1, 0.15) is 5.69 Å². The maximum absolute atomic E-state index is 12.3. The Kier molecular flexibility index (Phi) is 4.15. The number of nitrogens with one attached hydrogen (secondary N) is 2. The highest BCUT2D eigenvalue weighted by atomic mass is 32.2. The average molecular weight is 303 g/mol. The first kappa shape index (κ1) is 14.0. The highest BCUT2D eigenvalue weighted by Gasteiger charge is 2.23. The van der Waals surface area contributed by atoms with E-state index in [4.69, 9.17) is 0 Å². The lowest BCUT2D eigenvalue weighted by Crippen LogP contribution is -2.33. The third kappa shape index (κ3) is 3.21. The highest BCUT2D eigenvalue weighted by Crippen LogP contribution is 2.34. The van der Waals surface area contributed by atoms with Gasteiger partial charge in [0.25, 0.3) is 5.91 Å². The number of aromatic nitrogens is 2. The summed E-state index contributed by atoms with van der Waals surface area (Å²) in [5.74, 6) is 0.794. The molecule has 0 saturated carbocycles. The molecule has 1 aliphatic heterocycles. The molecule has 1 atom stereocenters. The van der Waals surface area contributed by atoms with Gasteiger partial charge in [-0.15, -0.1) is 0 Å². The Labute approximate surface area is 126 Å². The molecule has 1 aliphatic rings. The van der Waals surface area contributed by atoms with Crippen LogP contribution in [-0.4, -0.2) is 39.6 Å². The summed E-state index contributed by atoms with van der Waals surface area (Å²) in [6, 6.07) is 10.4. The van der Waals surface area contributed by atoms with Crippen molar-refractivity contribution < 1.29 is 4.79 Å². The number of aromatic amines is 2. The number of carbonyl (C=O) groups is 1. The molecule has 2 aromatic rings. The van der Waals surface area contributed by atoms with Crippen LogP contribution in [0, 0.1) is 0 Å². The summed E-state index contributed by atoms with van der Waals surface area (Å²) in [5.41, 5.74) is 1.31. The van der Waals surface area contributed by atoms with Crippen molar-refractivity contribution >= 4 is 17.7 Å². The Morgan fingerprint density at radius 2 is 2.05 bits per heavy atom. The lowest BCUT2D eigenvalue weighted by Gasteiger charge is -2.19. The zero-order valence-electron chi connectivity index (χ0n) is 11.5. The van der Waals surface area contributed by atoms with Gasteiger partial charge in [-0.05, 0) is 12.0 Å². The van der Waals surface area contributed by atoms with Crippen LogP contribution in [0.2, 0.25) is 0 Å². The summed E-state index contributed by atoms with van der Waals surface area (Å²) < 4.78 is 0. The first-order valence-corrected chi connectivity index (χ1v) is 8.02. The third-order valence-corrected chi connectivity index (χ3v) is 4.95. The van der Waals surface area contributed by atoms with E-state index in [1.54, 1.807) is 0 Å². The Hall–Kier alpha value is -1.95. The molecule has 1 saturated heterocycles. The molecule has 0 bridgehead atoms. The number of H-pyrrole nitrogens is 2. The van der Waals surface area contributed by atoms with Crippen molar-refractivity contribution in [3.63, 3.8) is 0 Å². The number of rotatable bonds is 2. The van der Waals surface area contributed by atoms with E-state index in [9.17, 15) is 9.59 Å². The molecule has 0 radical (unpaired) electrons. The minimum Gasteiger partial charge on any atom is -0.336 e. The number of imidazole rings is 1. The van der Waals surface area contributed by atoms with Gasteiger partial charge in [0.15, 0.2) is 0 Å². The van der Waals surface area contributed by atoms with E-state index in [0.717, 1.165) is 12.2 Å². The zero-order valence-corrected chi connectivity index (χ0v) is 12.4. The van der Waals surface area contributed by atoms with Crippen LogP contribution in [0.5, 0.6) is 0 Å². The van der Waals surface area contributed by atoms with Crippen LogP contribution in [-0.2, 0) is 0 Å². The molecular formula is C15H17N3O2S. The number of thioether (sulfide) groups is 1. The predicted octanol–water partition coefficient (Wildman–Crippen LogP) is 2.02. The number of benzene rings is 1. The van der Waals surface area contributed by atoms with Crippen molar-refractivity contribution in [3.8, 4) is 0 Å². The maximum Gasteiger partial charge on any atom is 0.323 e. The number of amides is 1. The molecule has 1 aromatic carbocycles. The molecule has 0 aliphatic carbocycles. The zero-order chi connectivity index (χ0) is 14.7. The van der Waals surface area contributed by atoms with E-state index in [-0.39, 0.29) is 11.6 Å². The molecule has 21 heavy (non-hydrogen) atoms.